The largest absolute Gasteiger partial charge is 0.313 e. The van der Waals surface area contributed by atoms with E-state index in [1.165, 1.54) is 16.7 Å². The SMILES string of the molecule is CNC(Cc1ccncc1)c1ccc(C(C)(C)C)cc1. The molecule has 0 fully saturated rings. The normalized spacial score (nSPS) is 13.2. The molecule has 2 heteroatoms. The zero-order valence-electron chi connectivity index (χ0n) is 12.9. The number of aromatic nitrogens is 1. The molecule has 0 saturated carbocycles. The average Bonchev–Trinajstić information content (AvgIpc) is 2.45. The maximum absolute atomic E-state index is 4.07. The van der Waals surface area contributed by atoms with Crippen LogP contribution in [0.5, 0.6) is 0 Å². The standard InChI is InChI=1S/C18H24N2/c1-18(2,3)16-7-5-15(6-8-16)17(19-4)13-14-9-11-20-12-10-14/h5-12,17,19H,13H2,1-4H3. The first-order chi connectivity index (χ1) is 9.50. The molecule has 2 aromatic rings. The van der Waals surface area contributed by atoms with Gasteiger partial charge in [0, 0.05) is 18.4 Å². The smallest absolute Gasteiger partial charge is 0.0358 e. The van der Waals surface area contributed by atoms with Crippen molar-refractivity contribution in [2.45, 2.75) is 38.6 Å². The topological polar surface area (TPSA) is 24.9 Å². The molecular weight excluding hydrogens is 244 g/mol. The van der Waals surface area contributed by atoms with Gasteiger partial charge in [0.15, 0.2) is 0 Å². The highest BCUT2D eigenvalue weighted by molar-refractivity contribution is 5.30. The Bertz CT molecular complexity index is 524. The van der Waals surface area contributed by atoms with Crippen molar-refractivity contribution in [3.8, 4) is 0 Å². The number of hydrogen-bond donors (Lipinski definition) is 1. The third-order valence-corrected chi connectivity index (χ3v) is 3.72. The fourth-order valence-electron chi connectivity index (χ4n) is 2.36. The summed E-state index contributed by atoms with van der Waals surface area (Å²) in [4.78, 5) is 4.07. The van der Waals surface area contributed by atoms with Gasteiger partial charge in [-0.05, 0) is 47.7 Å². The Hall–Kier alpha value is -1.67. The number of likely N-dealkylation sites (N-methyl/N-ethyl adjacent to an activating group) is 1. The molecule has 0 amide bonds. The highest BCUT2D eigenvalue weighted by Crippen LogP contribution is 2.25. The molecule has 0 saturated heterocycles. The molecule has 0 aliphatic heterocycles. The van der Waals surface area contributed by atoms with E-state index in [1.54, 1.807) is 0 Å². The lowest BCUT2D eigenvalue weighted by Gasteiger charge is -2.21. The third-order valence-electron chi connectivity index (χ3n) is 3.72. The van der Waals surface area contributed by atoms with Crippen molar-refractivity contribution in [2.75, 3.05) is 7.05 Å². The van der Waals surface area contributed by atoms with E-state index in [0.717, 1.165) is 6.42 Å². The highest BCUT2D eigenvalue weighted by atomic mass is 14.9. The summed E-state index contributed by atoms with van der Waals surface area (Å²) in [5.41, 5.74) is 4.22. The van der Waals surface area contributed by atoms with Gasteiger partial charge in [0.25, 0.3) is 0 Å². The van der Waals surface area contributed by atoms with E-state index in [9.17, 15) is 0 Å². The second kappa shape index (κ2) is 6.19. The molecule has 1 N–H and O–H groups in total. The van der Waals surface area contributed by atoms with Crippen LogP contribution in [0.25, 0.3) is 0 Å². The summed E-state index contributed by atoms with van der Waals surface area (Å²) < 4.78 is 0. The van der Waals surface area contributed by atoms with E-state index in [4.69, 9.17) is 0 Å². The van der Waals surface area contributed by atoms with Crippen LogP contribution in [0.15, 0.2) is 48.8 Å². The molecule has 0 bridgehead atoms. The minimum absolute atomic E-state index is 0.207. The molecule has 1 unspecified atom stereocenters. The Morgan fingerprint density at radius 2 is 1.60 bits per heavy atom. The molecule has 0 aliphatic rings. The van der Waals surface area contributed by atoms with Crippen LogP contribution in [0.1, 0.15) is 43.5 Å². The van der Waals surface area contributed by atoms with Crippen molar-refractivity contribution in [1.82, 2.24) is 10.3 Å². The predicted molar refractivity (Wildman–Crippen MR) is 84.9 cm³/mol. The summed E-state index contributed by atoms with van der Waals surface area (Å²) in [6.45, 7) is 6.73. The van der Waals surface area contributed by atoms with E-state index in [1.807, 2.05) is 19.4 Å². The van der Waals surface area contributed by atoms with Gasteiger partial charge in [0.1, 0.15) is 0 Å². The van der Waals surface area contributed by atoms with Crippen LogP contribution in [0.3, 0.4) is 0 Å². The second-order valence-electron chi connectivity index (χ2n) is 6.27. The van der Waals surface area contributed by atoms with Crippen molar-refractivity contribution >= 4 is 0 Å². The van der Waals surface area contributed by atoms with E-state index in [0.29, 0.717) is 6.04 Å². The first-order valence-corrected chi connectivity index (χ1v) is 7.17. The van der Waals surface area contributed by atoms with Crippen LogP contribution in [-0.2, 0) is 11.8 Å². The lowest BCUT2D eigenvalue weighted by Crippen LogP contribution is -2.19. The van der Waals surface area contributed by atoms with Crippen LogP contribution < -0.4 is 5.32 Å². The highest BCUT2D eigenvalue weighted by Gasteiger charge is 2.15. The van der Waals surface area contributed by atoms with Gasteiger partial charge in [-0.3, -0.25) is 4.98 Å². The first kappa shape index (κ1) is 14.7. The van der Waals surface area contributed by atoms with Crippen molar-refractivity contribution in [3.05, 3.63) is 65.5 Å². The van der Waals surface area contributed by atoms with Crippen LogP contribution in [0.2, 0.25) is 0 Å². The van der Waals surface area contributed by atoms with Gasteiger partial charge in [-0.15, -0.1) is 0 Å². The zero-order chi connectivity index (χ0) is 14.6. The van der Waals surface area contributed by atoms with E-state index >= 15 is 0 Å². The maximum atomic E-state index is 4.07. The van der Waals surface area contributed by atoms with Crippen molar-refractivity contribution < 1.29 is 0 Å². The summed E-state index contributed by atoms with van der Waals surface area (Å²) in [5, 5.41) is 3.40. The average molecular weight is 268 g/mol. The van der Waals surface area contributed by atoms with Gasteiger partial charge in [0.2, 0.25) is 0 Å². The number of hydrogen-bond acceptors (Lipinski definition) is 2. The van der Waals surface area contributed by atoms with Crippen LogP contribution in [0, 0.1) is 0 Å². The van der Waals surface area contributed by atoms with Gasteiger partial charge < -0.3 is 5.32 Å². The fraction of sp³-hybridized carbons (Fsp3) is 0.389. The number of pyridine rings is 1. The quantitative estimate of drug-likeness (QED) is 0.910. The van der Waals surface area contributed by atoms with Gasteiger partial charge in [0.05, 0.1) is 0 Å². The predicted octanol–water partition coefficient (Wildman–Crippen LogP) is 3.88. The maximum Gasteiger partial charge on any atom is 0.0358 e. The summed E-state index contributed by atoms with van der Waals surface area (Å²) in [6.07, 6.45) is 4.68. The number of nitrogens with one attached hydrogen (secondary N) is 1. The Labute approximate surface area is 122 Å². The molecule has 0 aliphatic carbocycles. The fourth-order valence-corrected chi connectivity index (χ4v) is 2.36. The molecule has 20 heavy (non-hydrogen) atoms. The van der Waals surface area contributed by atoms with Gasteiger partial charge >= 0.3 is 0 Å². The Balaban J connectivity index is 2.16. The van der Waals surface area contributed by atoms with Crippen molar-refractivity contribution in [1.29, 1.82) is 0 Å². The molecule has 1 aromatic carbocycles. The number of benzene rings is 1. The monoisotopic (exact) mass is 268 g/mol. The summed E-state index contributed by atoms with van der Waals surface area (Å²) >= 11 is 0. The Kier molecular flexibility index (Phi) is 4.56. The van der Waals surface area contributed by atoms with E-state index in [-0.39, 0.29) is 5.41 Å². The van der Waals surface area contributed by atoms with Crippen molar-refractivity contribution in [3.63, 3.8) is 0 Å². The summed E-state index contributed by atoms with van der Waals surface area (Å²) in [5.74, 6) is 0. The van der Waals surface area contributed by atoms with Crippen LogP contribution >= 0.6 is 0 Å². The molecule has 106 valence electrons. The van der Waals surface area contributed by atoms with Crippen LogP contribution in [-0.4, -0.2) is 12.0 Å². The molecule has 0 radical (unpaired) electrons. The van der Waals surface area contributed by atoms with Gasteiger partial charge in [-0.1, -0.05) is 45.0 Å². The minimum atomic E-state index is 0.207. The van der Waals surface area contributed by atoms with Crippen molar-refractivity contribution in [2.24, 2.45) is 0 Å². The molecular formula is C18H24N2. The lowest BCUT2D eigenvalue weighted by atomic mass is 9.86. The van der Waals surface area contributed by atoms with E-state index in [2.05, 4.69) is 67.5 Å². The first-order valence-electron chi connectivity index (χ1n) is 7.17. The Morgan fingerprint density at radius 3 is 2.10 bits per heavy atom. The molecule has 0 spiro atoms. The molecule has 1 aromatic heterocycles. The molecule has 2 rings (SSSR count). The Morgan fingerprint density at radius 1 is 1.00 bits per heavy atom. The molecule has 1 atom stereocenters. The van der Waals surface area contributed by atoms with Crippen LogP contribution in [0.4, 0.5) is 0 Å². The molecule has 2 nitrogen and oxygen atoms in total. The summed E-state index contributed by atoms with van der Waals surface area (Å²) in [6, 6.07) is 13.5. The summed E-state index contributed by atoms with van der Waals surface area (Å²) in [7, 11) is 2.02. The minimum Gasteiger partial charge on any atom is -0.313 e. The molecule has 1 heterocycles. The number of nitrogens with zero attached hydrogens (tertiary/aromatic N) is 1. The second-order valence-corrected chi connectivity index (χ2v) is 6.27. The van der Waals surface area contributed by atoms with Gasteiger partial charge in [-0.2, -0.15) is 0 Å². The lowest BCUT2D eigenvalue weighted by molar-refractivity contribution is 0.579. The number of rotatable bonds is 4. The third kappa shape index (κ3) is 3.67. The van der Waals surface area contributed by atoms with Gasteiger partial charge in [-0.25, -0.2) is 0 Å². The van der Waals surface area contributed by atoms with E-state index < -0.39 is 0 Å². The zero-order valence-corrected chi connectivity index (χ0v) is 12.9.